The Morgan fingerprint density at radius 1 is 0.306 bits per heavy atom. The first kappa shape index (κ1) is 34.6. The fourth-order valence-corrected chi connectivity index (χ4v) is 34.6. The van der Waals surface area contributed by atoms with E-state index in [2.05, 4.69) is 158 Å². The van der Waals surface area contributed by atoms with Gasteiger partial charge in [-0.3, -0.25) is 18.3 Å². The molecule has 0 unspecified atom stereocenters. The lowest BCUT2D eigenvalue weighted by Crippen LogP contribution is -2.86. The largest absolute Gasteiger partial charge is 0.417 e. The average Bonchev–Trinajstić information content (AvgIpc) is 2.56. The summed E-state index contributed by atoms with van der Waals surface area (Å²) in [5, 5.41) is -1.15. The highest BCUT2D eigenvalue weighted by atomic mass is 28.5. The van der Waals surface area contributed by atoms with Gasteiger partial charge < -0.3 is 16.5 Å². The van der Waals surface area contributed by atoms with E-state index in [4.69, 9.17) is 16.5 Å². The summed E-state index contributed by atoms with van der Waals surface area (Å²) in [6.45, 7) is 27.0. The Balaban J connectivity index is 4.46. The van der Waals surface area contributed by atoms with Crippen LogP contribution in [0.5, 0.6) is 0 Å². The maximum Gasteiger partial charge on any atom is 0.417 e. The first-order chi connectivity index (χ1) is 15.6. The van der Waals surface area contributed by atoms with E-state index in [1.807, 2.05) is 0 Å². The third kappa shape index (κ3) is 5.44. The van der Waals surface area contributed by atoms with Crippen LogP contribution in [0.4, 0.5) is 0 Å². The number of hydrogen-bond acceptors (Lipinski definition) is 8. The van der Waals surface area contributed by atoms with Gasteiger partial charge in [0, 0.05) is 20.2 Å². The third-order valence-electron chi connectivity index (χ3n) is 7.25. The van der Waals surface area contributed by atoms with Crippen LogP contribution in [0.1, 0.15) is 83.1 Å². The van der Waals surface area contributed by atoms with Gasteiger partial charge in [0.25, 0.3) is 0 Å². The van der Waals surface area contributed by atoms with Crippen LogP contribution in [0, 0.1) is 0 Å². The van der Waals surface area contributed by atoms with Crippen LogP contribution in [-0.2, 0) is 16.5 Å². The molecule has 1 saturated heterocycles. The van der Waals surface area contributed by atoms with Crippen molar-refractivity contribution in [3.05, 3.63) is 0 Å². The summed E-state index contributed by atoms with van der Waals surface area (Å²) in [6.07, 6.45) is 0. The SMILES string of the molecule is CN(C)[Si]1(C(C)(C)C)O[Si](N(C)C)(C(C)(C)C)O[Si](N(C)C)(C(C)(C)C)O[Si](N(C)C)(C(C)(C)C)O1. The van der Waals surface area contributed by atoms with Gasteiger partial charge >= 0.3 is 34.9 Å². The lowest BCUT2D eigenvalue weighted by atomic mass is 10.3. The molecule has 0 saturated carbocycles. The van der Waals surface area contributed by atoms with Gasteiger partial charge in [0.1, 0.15) is 0 Å². The van der Waals surface area contributed by atoms with E-state index in [-0.39, 0.29) is 20.2 Å². The Morgan fingerprint density at radius 3 is 0.472 bits per heavy atom. The van der Waals surface area contributed by atoms with Crippen molar-refractivity contribution in [2.45, 2.75) is 103 Å². The minimum absolute atomic E-state index is 0.288. The molecular weight excluding hydrogens is 521 g/mol. The molecular formula is C24H60N4O4Si4. The molecule has 1 fully saturated rings. The molecule has 0 bridgehead atoms. The van der Waals surface area contributed by atoms with Gasteiger partial charge in [-0.15, -0.1) is 0 Å². The van der Waals surface area contributed by atoms with Crippen LogP contribution in [0.25, 0.3) is 0 Å². The topological polar surface area (TPSA) is 49.9 Å². The number of rotatable bonds is 4. The zero-order valence-electron chi connectivity index (χ0n) is 27.4. The average molecular weight is 581 g/mol. The predicted octanol–water partition coefficient (Wildman–Crippen LogP) is 5.27. The monoisotopic (exact) mass is 580 g/mol. The standard InChI is InChI=1S/C24H60N4O4Si4/c1-21(2,3)33(25(13)14)29-34(26(15)16,22(4,5)6)31-36(28(19)20,24(10,11)12)32-35(30-33,27(17)18)23(7,8)9/h1-20H3. The Labute approximate surface area is 228 Å². The van der Waals surface area contributed by atoms with Gasteiger partial charge in [-0.05, 0) is 56.4 Å². The predicted molar refractivity (Wildman–Crippen MR) is 161 cm³/mol. The van der Waals surface area contributed by atoms with Crippen LogP contribution in [-0.4, -0.2) is 110 Å². The highest BCUT2D eigenvalue weighted by Crippen LogP contribution is 2.57. The van der Waals surface area contributed by atoms with Crippen LogP contribution in [0.3, 0.4) is 0 Å². The summed E-state index contributed by atoms with van der Waals surface area (Å²) in [5.41, 5.74) is 0. The van der Waals surface area contributed by atoms with Crippen LogP contribution in [0.15, 0.2) is 0 Å². The molecule has 1 aliphatic rings. The molecule has 216 valence electrons. The van der Waals surface area contributed by atoms with E-state index in [0.717, 1.165) is 0 Å². The molecule has 0 aliphatic carbocycles. The molecule has 1 aliphatic heterocycles. The van der Waals surface area contributed by atoms with Crippen LogP contribution < -0.4 is 0 Å². The van der Waals surface area contributed by atoms with Gasteiger partial charge in [0.05, 0.1) is 0 Å². The fourth-order valence-electron chi connectivity index (χ4n) is 5.47. The van der Waals surface area contributed by atoms with Crippen molar-refractivity contribution < 1.29 is 16.5 Å². The van der Waals surface area contributed by atoms with E-state index < -0.39 is 34.9 Å². The number of nitrogens with zero attached hydrogens (tertiary/aromatic N) is 4. The molecule has 8 nitrogen and oxygen atoms in total. The van der Waals surface area contributed by atoms with E-state index in [0.29, 0.717) is 0 Å². The number of hydrogen-bond donors (Lipinski definition) is 0. The summed E-state index contributed by atoms with van der Waals surface area (Å²) < 4.78 is 39.9. The first-order valence-electron chi connectivity index (χ1n) is 13.1. The van der Waals surface area contributed by atoms with Gasteiger partial charge in [-0.2, -0.15) is 0 Å². The van der Waals surface area contributed by atoms with Crippen molar-refractivity contribution in [3.8, 4) is 0 Å². The molecule has 0 aromatic carbocycles. The van der Waals surface area contributed by atoms with Crippen LogP contribution in [0.2, 0.25) is 20.2 Å². The highest BCUT2D eigenvalue weighted by molar-refractivity contribution is 6.95. The molecule has 12 heteroatoms. The lowest BCUT2D eigenvalue weighted by molar-refractivity contribution is 0.0784. The highest BCUT2D eigenvalue weighted by Gasteiger charge is 2.76. The first-order valence-corrected chi connectivity index (χ1v) is 20.2. The quantitative estimate of drug-likeness (QED) is 0.417. The summed E-state index contributed by atoms with van der Waals surface area (Å²) in [4.78, 5) is 0. The second-order valence-electron chi connectivity index (χ2n) is 15.3. The maximum atomic E-state index is 7.74. The lowest BCUT2D eigenvalue weighted by Gasteiger charge is -2.64. The third-order valence-corrected chi connectivity index (χ3v) is 28.4. The smallest absolute Gasteiger partial charge is 0.391 e. The van der Waals surface area contributed by atoms with Gasteiger partial charge in [0.15, 0.2) is 0 Å². The minimum atomic E-state index is -3.19. The molecule has 1 heterocycles. The Bertz CT molecular complexity index is 630. The Morgan fingerprint density at radius 2 is 0.417 bits per heavy atom. The molecule has 0 aromatic rings. The van der Waals surface area contributed by atoms with Gasteiger partial charge in [-0.1, -0.05) is 83.1 Å². The van der Waals surface area contributed by atoms with Crippen LogP contribution >= 0.6 is 0 Å². The maximum absolute atomic E-state index is 7.74. The summed E-state index contributed by atoms with van der Waals surface area (Å²) in [7, 11) is 4.09. The van der Waals surface area contributed by atoms with Crippen molar-refractivity contribution in [2.24, 2.45) is 0 Å². The van der Waals surface area contributed by atoms with Crippen molar-refractivity contribution in [1.29, 1.82) is 0 Å². The van der Waals surface area contributed by atoms with E-state index in [1.165, 1.54) is 0 Å². The van der Waals surface area contributed by atoms with E-state index in [1.54, 1.807) is 0 Å². The fraction of sp³-hybridized carbons (Fsp3) is 1.00. The van der Waals surface area contributed by atoms with Gasteiger partial charge in [0.2, 0.25) is 0 Å². The van der Waals surface area contributed by atoms with Crippen molar-refractivity contribution in [1.82, 2.24) is 18.3 Å². The van der Waals surface area contributed by atoms with Crippen molar-refractivity contribution in [2.75, 3.05) is 56.4 Å². The van der Waals surface area contributed by atoms with Crippen molar-refractivity contribution >= 4 is 34.9 Å². The van der Waals surface area contributed by atoms with Gasteiger partial charge in [-0.25, -0.2) is 0 Å². The molecule has 0 atom stereocenters. The Kier molecular flexibility index (Phi) is 9.78. The zero-order chi connectivity index (χ0) is 29.1. The molecule has 0 N–H and O–H groups in total. The molecule has 0 radical (unpaired) electrons. The second kappa shape index (κ2) is 10.2. The van der Waals surface area contributed by atoms with E-state index in [9.17, 15) is 0 Å². The zero-order valence-corrected chi connectivity index (χ0v) is 31.4. The van der Waals surface area contributed by atoms with E-state index >= 15 is 0 Å². The molecule has 1 rings (SSSR count). The Hall–Kier alpha value is 0.548. The summed E-state index contributed by atoms with van der Waals surface area (Å²) in [5.74, 6) is 0. The molecule has 36 heavy (non-hydrogen) atoms. The second-order valence-corrected chi connectivity index (χ2v) is 32.8. The summed E-state index contributed by atoms with van der Waals surface area (Å²) in [6, 6.07) is 0. The molecule has 0 aromatic heterocycles. The molecule has 0 spiro atoms. The molecule has 0 amide bonds. The summed E-state index contributed by atoms with van der Waals surface area (Å²) >= 11 is 0. The minimum Gasteiger partial charge on any atom is -0.391 e. The van der Waals surface area contributed by atoms with Crippen molar-refractivity contribution in [3.63, 3.8) is 0 Å². The normalized spacial score (nSPS) is 34.0.